The number of benzene rings is 2. The number of fused-ring (bicyclic) bond motifs is 1. The standard InChI is InChI=1S/C21H19FN2O2/c22-16-9-4-8-15(12-16)20-17-10-5-11-18(21(25)26)19(17)23-24(20)13-14-6-2-1-3-7-14/h1-4,6-9,12,18H,5,10-11,13H2,(H,25,26). The average Bonchev–Trinajstić information content (AvgIpc) is 3.00. The minimum atomic E-state index is -0.846. The van der Waals surface area contributed by atoms with Crippen LogP contribution in [0.1, 0.15) is 35.6 Å². The van der Waals surface area contributed by atoms with Gasteiger partial charge in [-0.15, -0.1) is 0 Å². The second kappa shape index (κ2) is 6.75. The van der Waals surface area contributed by atoms with Crippen LogP contribution in [-0.4, -0.2) is 20.9 Å². The van der Waals surface area contributed by atoms with Gasteiger partial charge in [0.2, 0.25) is 0 Å². The van der Waals surface area contributed by atoms with Crippen molar-refractivity contribution < 1.29 is 14.3 Å². The molecule has 0 saturated carbocycles. The Morgan fingerprint density at radius 2 is 2.00 bits per heavy atom. The molecule has 5 heteroatoms. The lowest BCUT2D eigenvalue weighted by Gasteiger charge is -2.18. The van der Waals surface area contributed by atoms with Gasteiger partial charge in [-0.1, -0.05) is 42.5 Å². The number of halogens is 1. The highest BCUT2D eigenvalue weighted by Gasteiger charge is 2.32. The Labute approximate surface area is 150 Å². The van der Waals surface area contributed by atoms with Gasteiger partial charge in [0.05, 0.1) is 17.9 Å². The number of carboxylic acids is 1. The van der Waals surface area contributed by atoms with Crippen LogP contribution in [-0.2, 0) is 17.8 Å². The predicted octanol–water partition coefficient (Wildman–Crippen LogP) is 4.24. The number of aromatic nitrogens is 2. The lowest BCUT2D eigenvalue weighted by Crippen LogP contribution is -2.18. The maximum Gasteiger partial charge on any atom is 0.312 e. The van der Waals surface area contributed by atoms with E-state index in [-0.39, 0.29) is 5.82 Å². The van der Waals surface area contributed by atoms with Gasteiger partial charge in [-0.3, -0.25) is 9.48 Å². The lowest BCUT2D eigenvalue weighted by molar-refractivity contribution is -0.139. The Bertz CT molecular complexity index is 950. The number of hydrogen-bond donors (Lipinski definition) is 1. The van der Waals surface area contributed by atoms with Gasteiger partial charge in [0.15, 0.2) is 0 Å². The van der Waals surface area contributed by atoms with Crippen LogP contribution >= 0.6 is 0 Å². The van der Waals surface area contributed by atoms with Crippen LogP contribution in [0.15, 0.2) is 54.6 Å². The van der Waals surface area contributed by atoms with Gasteiger partial charge >= 0.3 is 5.97 Å². The van der Waals surface area contributed by atoms with Crippen molar-refractivity contribution in [3.8, 4) is 11.3 Å². The van der Waals surface area contributed by atoms with Gasteiger partial charge in [0.25, 0.3) is 0 Å². The highest BCUT2D eigenvalue weighted by Crippen LogP contribution is 2.38. The second-order valence-corrected chi connectivity index (χ2v) is 6.65. The van der Waals surface area contributed by atoms with Gasteiger partial charge in [-0.05, 0) is 37.0 Å². The van der Waals surface area contributed by atoms with Gasteiger partial charge in [-0.25, -0.2) is 4.39 Å². The first-order valence-electron chi connectivity index (χ1n) is 8.75. The first-order chi connectivity index (χ1) is 12.6. The molecule has 2 aromatic carbocycles. The number of carboxylic acid groups (broad SMARTS) is 1. The summed E-state index contributed by atoms with van der Waals surface area (Å²) in [5.74, 6) is -1.75. The maximum absolute atomic E-state index is 13.8. The van der Waals surface area contributed by atoms with E-state index in [4.69, 9.17) is 0 Å². The van der Waals surface area contributed by atoms with Crippen LogP contribution in [0.5, 0.6) is 0 Å². The van der Waals surface area contributed by atoms with E-state index in [2.05, 4.69) is 5.10 Å². The highest BCUT2D eigenvalue weighted by atomic mass is 19.1. The molecule has 1 aliphatic carbocycles. The van der Waals surface area contributed by atoms with Crippen LogP contribution in [0.25, 0.3) is 11.3 Å². The summed E-state index contributed by atoms with van der Waals surface area (Å²) < 4.78 is 15.7. The smallest absolute Gasteiger partial charge is 0.312 e. The third-order valence-corrected chi connectivity index (χ3v) is 4.90. The summed E-state index contributed by atoms with van der Waals surface area (Å²) in [6.07, 6.45) is 2.15. The fourth-order valence-corrected chi connectivity index (χ4v) is 3.73. The molecule has 1 aromatic heterocycles. The van der Waals surface area contributed by atoms with Crippen molar-refractivity contribution in [2.24, 2.45) is 0 Å². The van der Waals surface area contributed by atoms with Crippen molar-refractivity contribution in [1.29, 1.82) is 0 Å². The lowest BCUT2D eigenvalue weighted by atomic mass is 9.85. The zero-order valence-electron chi connectivity index (χ0n) is 14.2. The van der Waals surface area contributed by atoms with E-state index < -0.39 is 11.9 Å². The van der Waals surface area contributed by atoms with Gasteiger partial charge < -0.3 is 5.11 Å². The molecule has 0 fully saturated rings. The molecular weight excluding hydrogens is 331 g/mol. The van der Waals surface area contributed by atoms with Gasteiger partial charge in [0, 0.05) is 11.1 Å². The molecule has 4 nitrogen and oxygen atoms in total. The Morgan fingerprint density at radius 1 is 1.19 bits per heavy atom. The molecule has 0 spiro atoms. The number of carbonyl (C=O) groups is 1. The monoisotopic (exact) mass is 350 g/mol. The topological polar surface area (TPSA) is 55.1 Å². The first kappa shape index (κ1) is 16.5. The summed E-state index contributed by atoms with van der Waals surface area (Å²) in [4.78, 5) is 11.7. The van der Waals surface area contributed by atoms with Crippen molar-refractivity contribution in [3.05, 3.63) is 77.2 Å². The molecule has 1 heterocycles. The van der Waals surface area contributed by atoms with Gasteiger partial charge in [0.1, 0.15) is 11.7 Å². The number of aliphatic carboxylic acids is 1. The fraction of sp³-hybridized carbons (Fsp3) is 0.238. The van der Waals surface area contributed by atoms with E-state index in [1.54, 1.807) is 6.07 Å². The molecule has 26 heavy (non-hydrogen) atoms. The molecule has 1 aliphatic rings. The molecule has 0 aliphatic heterocycles. The zero-order chi connectivity index (χ0) is 18.1. The highest BCUT2D eigenvalue weighted by molar-refractivity contribution is 5.78. The molecule has 1 N–H and O–H groups in total. The molecule has 0 amide bonds. The molecule has 0 saturated heterocycles. The summed E-state index contributed by atoms with van der Waals surface area (Å²) in [7, 11) is 0. The summed E-state index contributed by atoms with van der Waals surface area (Å²) in [6.45, 7) is 0.520. The number of hydrogen-bond acceptors (Lipinski definition) is 2. The van der Waals surface area contributed by atoms with Crippen LogP contribution in [0.3, 0.4) is 0 Å². The molecule has 0 bridgehead atoms. The minimum absolute atomic E-state index is 0.311. The predicted molar refractivity (Wildman–Crippen MR) is 96.5 cm³/mol. The molecule has 3 aromatic rings. The molecule has 1 atom stereocenters. The van der Waals surface area contributed by atoms with Crippen molar-refractivity contribution >= 4 is 5.97 Å². The largest absolute Gasteiger partial charge is 0.481 e. The average molecular weight is 350 g/mol. The van der Waals surface area contributed by atoms with Crippen molar-refractivity contribution in [2.75, 3.05) is 0 Å². The second-order valence-electron chi connectivity index (χ2n) is 6.65. The van der Waals surface area contributed by atoms with E-state index in [9.17, 15) is 14.3 Å². The summed E-state index contributed by atoms with van der Waals surface area (Å²) in [6, 6.07) is 16.3. The minimum Gasteiger partial charge on any atom is -0.481 e. The molecule has 132 valence electrons. The molecule has 0 radical (unpaired) electrons. The summed E-state index contributed by atoms with van der Waals surface area (Å²) in [5, 5.41) is 14.2. The van der Waals surface area contributed by atoms with Crippen molar-refractivity contribution in [2.45, 2.75) is 31.7 Å². The first-order valence-corrected chi connectivity index (χ1v) is 8.75. The van der Waals surface area contributed by atoms with Crippen molar-refractivity contribution in [3.63, 3.8) is 0 Å². The van der Waals surface area contributed by atoms with E-state index in [1.165, 1.54) is 12.1 Å². The third-order valence-electron chi connectivity index (χ3n) is 4.90. The van der Waals surface area contributed by atoms with Gasteiger partial charge in [-0.2, -0.15) is 5.10 Å². The quantitative estimate of drug-likeness (QED) is 0.766. The number of nitrogens with zero attached hydrogens (tertiary/aromatic N) is 2. The maximum atomic E-state index is 13.8. The van der Waals surface area contributed by atoms with E-state index in [1.807, 2.05) is 41.1 Å². The van der Waals surface area contributed by atoms with Crippen LogP contribution in [0.4, 0.5) is 4.39 Å². The van der Waals surface area contributed by atoms with E-state index in [0.717, 1.165) is 35.2 Å². The third kappa shape index (κ3) is 3.01. The fourth-order valence-electron chi connectivity index (χ4n) is 3.73. The van der Waals surface area contributed by atoms with Crippen LogP contribution in [0, 0.1) is 5.82 Å². The normalized spacial score (nSPS) is 16.3. The Kier molecular flexibility index (Phi) is 4.29. The van der Waals surface area contributed by atoms with E-state index >= 15 is 0 Å². The number of rotatable bonds is 4. The van der Waals surface area contributed by atoms with Crippen LogP contribution < -0.4 is 0 Å². The zero-order valence-corrected chi connectivity index (χ0v) is 14.2. The summed E-state index contributed by atoms with van der Waals surface area (Å²) in [5.41, 5.74) is 4.19. The van der Waals surface area contributed by atoms with Crippen molar-refractivity contribution in [1.82, 2.24) is 9.78 Å². The molecule has 1 unspecified atom stereocenters. The van der Waals surface area contributed by atoms with Crippen LogP contribution in [0.2, 0.25) is 0 Å². The molecule has 4 rings (SSSR count). The van der Waals surface area contributed by atoms with E-state index in [0.29, 0.717) is 18.7 Å². The molecular formula is C21H19FN2O2. The Morgan fingerprint density at radius 3 is 2.73 bits per heavy atom. The Hall–Kier alpha value is -2.95. The Balaban J connectivity index is 1.88. The summed E-state index contributed by atoms with van der Waals surface area (Å²) >= 11 is 0. The SMILES string of the molecule is O=C(O)C1CCCc2c1nn(Cc1ccccc1)c2-c1cccc(F)c1.